The highest BCUT2D eigenvalue weighted by molar-refractivity contribution is 5.95. The average molecular weight is 276 g/mol. The lowest BCUT2D eigenvalue weighted by atomic mass is 10.0. The van der Waals surface area contributed by atoms with E-state index in [4.69, 9.17) is 4.74 Å². The first-order chi connectivity index (χ1) is 9.43. The van der Waals surface area contributed by atoms with Crippen molar-refractivity contribution in [2.75, 3.05) is 26.1 Å². The van der Waals surface area contributed by atoms with Gasteiger partial charge in [-0.25, -0.2) is 4.39 Å². The summed E-state index contributed by atoms with van der Waals surface area (Å²) in [5.74, 6) is -0.663. The predicted molar refractivity (Wildman–Crippen MR) is 76.5 cm³/mol. The highest BCUT2D eigenvalue weighted by atomic mass is 19.1. The van der Waals surface area contributed by atoms with Gasteiger partial charge in [-0.3, -0.25) is 9.78 Å². The van der Waals surface area contributed by atoms with Gasteiger partial charge in [-0.05, 0) is 25.1 Å². The molecule has 0 aliphatic carbocycles. The number of hydrogen-bond acceptors (Lipinski definition) is 4. The number of pyridine rings is 1. The second kappa shape index (κ2) is 5.45. The fourth-order valence-electron chi connectivity index (χ4n) is 2.32. The van der Waals surface area contributed by atoms with Crippen LogP contribution in [0.25, 0.3) is 10.9 Å². The number of rotatable bonds is 3. The maximum atomic E-state index is 13.5. The molecule has 1 heterocycles. The standard InChI is InChI=1S/C15H17FN2O2/c1-9-11(8-14(19)20-4)15(18(2)3)12-7-10(16)5-6-13(12)17-9/h5-7H,8H2,1-4H3. The molecule has 4 nitrogen and oxygen atoms in total. The first kappa shape index (κ1) is 14.2. The lowest BCUT2D eigenvalue weighted by Crippen LogP contribution is -2.16. The van der Waals surface area contributed by atoms with Gasteiger partial charge >= 0.3 is 5.97 Å². The van der Waals surface area contributed by atoms with Crippen LogP contribution >= 0.6 is 0 Å². The Labute approximate surface area is 117 Å². The van der Waals surface area contributed by atoms with Gasteiger partial charge in [0.2, 0.25) is 0 Å². The van der Waals surface area contributed by atoms with Crippen LogP contribution in [0.5, 0.6) is 0 Å². The fourth-order valence-corrected chi connectivity index (χ4v) is 2.32. The van der Waals surface area contributed by atoms with E-state index in [2.05, 4.69) is 4.98 Å². The van der Waals surface area contributed by atoms with E-state index >= 15 is 0 Å². The molecule has 106 valence electrons. The van der Waals surface area contributed by atoms with Crippen LogP contribution in [0.15, 0.2) is 18.2 Å². The van der Waals surface area contributed by atoms with Gasteiger partial charge < -0.3 is 9.64 Å². The number of ether oxygens (including phenoxy) is 1. The summed E-state index contributed by atoms with van der Waals surface area (Å²) < 4.78 is 18.2. The maximum absolute atomic E-state index is 13.5. The van der Waals surface area contributed by atoms with Crippen molar-refractivity contribution >= 4 is 22.6 Å². The van der Waals surface area contributed by atoms with Gasteiger partial charge in [-0.1, -0.05) is 0 Å². The minimum Gasteiger partial charge on any atom is -0.469 e. The first-order valence-electron chi connectivity index (χ1n) is 6.27. The number of nitrogens with zero attached hydrogens (tertiary/aromatic N) is 2. The third-order valence-corrected chi connectivity index (χ3v) is 3.22. The molecule has 2 aromatic rings. The number of benzene rings is 1. The average Bonchev–Trinajstić information content (AvgIpc) is 2.39. The number of halogens is 1. The molecule has 0 fully saturated rings. The Hall–Kier alpha value is -2.17. The summed E-state index contributed by atoms with van der Waals surface area (Å²) in [6.07, 6.45) is 0.120. The number of aromatic nitrogens is 1. The van der Waals surface area contributed by atoms with E-state index in [0.29, 0.717) is 10.9 Å². The number of anilines is 1. The molecule has 0 aliphatic heterocycles. The fraction of sp³-hybridized carbons (Fsp3) is 0.333. The molecule has 1 aromatic heterocycles. The zero-order valence-corrected chi connectivity index (χ0v) is 12.0. The van der Waals surface area contributed by atoms with E-state index in [1.807, 2.05) is 25.9 Å². The monoisotopic (exact) mass is 276 g/mol. The third kappa shape index (κ3) is 2.57. The molecule has 0 atom stereocenters. The number of methoxy groups -OCH3 is 1. The molecule has 5 heteroatoms. The number of carbonyl (C=O) groups excluding carboxylic acids is 1. The van der Waals surface area contributed by atoms with Gasteiger partial charge in [0.15, 0.2) is 0 Å². The third-order valence-electron chi connectivity index (χ3n) is 3.22. The van der Waals surface area contributed by atoms with Crippen molar-refractivity contribution in [1.82, 2.24) is 4.98 Å². The van der Waals surface area contributed by atoms with E-state index in [9.17, 15) is 9.18 Å². The van der Waals surface area contributed by atoms with Gasteiger partial charge in [0.1, 0.15) is 5.82 Å². The lowest BCUT2D eigenvalue weighted by Gasteiger charge is -2.21. The van der Waals surface area contributed by atoms with E-state index in [1.54, 1.807) is 6.07 Å². The van der Waals surface area contributed by atoms with Crippen LogP contribution in [0, 0.1) is 12.7 Å². The van der Waals surface area contributed by atoms with Crippen molar-refractivity contribution in [3.63, 3.8) is 0 Å². The Morgan fingerprint density at radius 1 is 1.40 bits per heavy atom. The molecule has 0 amide bonds. The highest BCUT2D eigenvalue weighted by Crippen LogP contribution is 2.31. The van der Waals surface area contributed by atoms with Crippen LogP contribution in [-0.4, -0.2) is 32.2 Å². The zero-order chi connectivity index (χ0) is 14.9. The maximum Gasteiger partial charge on any atom is 0.310 e. The molecule has 2 rings (SSSR count). The summed E-state index contributed by atoms with van der Waals surface area (Å²) in [4.78, 5) is 17.9. The Bertz CT molecular complexity index is 668. The SMILES string of the molecule is COC(=O)Cc1c(C)nc2ccc(F)cc2c1N(C)C. The number of fused-ring (bicyclic) bond motifs is 1. The summed E-state index contributed by atoms with van der Waals surface area (Å²) in [5.41, 5.74) is 3.02. The van der Waals surface area contributed by atoms with Crippen LogP contribution in [0.2, 0.25) is 0 Å². The zero-order valence-electron chi connectivity index (χ0n) is 12.0. The molecule has 1 aromatic carbocycles. The smallest absolute Gasteiger partial charge is 0.310 e. The minimum atomic E-state index is -0.339. The first-order valence-corrected chi connectivity index (χ1v) is 6.27. The summed E-state index contributed by atoms with van der Waals surface area (Å²) in [7, 11) is 5.07. The van der Waals surface area contributed by atoms with Crippen molar-refractivity contribution in [2.24, 2.45) is 0 Å². The van der Waals surface area contributed by atoms with Gasteiger partial charge in [0.25, 0.3) is 0 Å². The van der Waals surface area contributed by atoms with Gasteiger partial charge in [-0.15, -0.1) is 0 Å². The van der Waals surface area contributed by atoms with Crippen LogP contribution in [0.4, 0.5) is 10.1 Å². The quantitative estimate of drug-likeness (QED) is 0.808. The van der Waals surface area contributed by atoms with Gasteiger partial charge in [0, 0.05) is 30.7 Å². The van der Waals surface area contributed by atoms with E-state index in [-0.39, 0.29) is 18.2 Å². The van der Waals surface area contributed by atoms with E-state index in [0.717, 1.165) is 16.9 Å². The van der Waals surface area contributed by atoms with E-state index in [1.165, 1.54) is 19.2 Å². The van der Waals surface area contributed by atoms with Crippen molar-refractivity contribution < 1.29 is 13.9 Å². The molecular formula is C15H17FN2O2. The molecular weight excluding hydrogens is 259 g/mol. The second-order valence-electron chi connectivity index (χ2n) is 4.83. The van der Waals surface area contributed by atoms with Gasteiger partial charge in [0.05, 0.1) is 24.7 Å². The normalized spacial score (nSPS) is 10.7. The predicted octanol–water partition coefficient (Wildman–Crippen LogP) is 2.46. The molecule has 20 heavy (non-hydrogen) atoms. The summed E-state index contributed by atoms with van der Waals surface area (Å²) in [5, 5.41) is 0.694. The molecule has 0 N–H and O–H groups in total. The van der Waals surface area contributed by atoms with Crippen LogP contribution < -0.4 is 4.90 Å². The van der Waals surface area contributed by atoms with Crippen molar-refractivity contribution in [1.29, 1.82) is 0 Å². The number of esters is 1. The van der Waals surface area contributed by atoms with Crippen LogP contribution in [0.3, 0.4) is 0 Å². The molecule has 0 unspecified atom stereocenters. The van der Waals surface area contributed by atoms with Crippen molar-refractivity contribution in [3.05, 3.63) is 35.3 Å². The molecule has 0 aliphatic rings. The molecule has 0 spiro atoms. The molecule has 0 radical (unpaired) electrons. The van der Waals surface area contributed by atoms with Gasteiger partial charge in [-0.2, -0.15) is 0 Å². The minimum absolute atomic E-state index is 0.120. The van der Waals surface area contributed by atoms with E-state index < -0.39 is 0 Å². The number of carbonyl (C=O) groups is 1. The largest absolute Gasteiger partial charge is 0.469 e. The lowest BCUT2D eigenvalue weighted by molar-refractivity contribution is -0.139. The van der Waals surface area contributed by atoms with Crippen LogP contribution in [-0.2, 0) is 16.0 Å². The molecule has 0 saturated carbocycles. The highest BCUT2D eigenvalue weighted by Gasteiger charge is 2.17. The topological polar surface area (TPSA) is 42.4 Å². The molecule has 0 saturated heterocycles. The number of aryl methyl sites for hydroxylation is 1. The Morgan fingerprint density at radius 3 is 2.70 bits per heavy atom. The summed E-state index contributed by atoms with van der Waals surface area (Å²) >= 11 is 0. The Balaban J connectivity index is 2.75. The summed E-state index contributed by atoms with van der Waals surface area (Å²) in [6.45, 7) is 1.84. The summed E-state index contributed by atoms with van der Waals surface area (Å²) in [6, 6.07) is 4.47. The van der Waals surface area contributed by atoms with Crippen molar-refractivity contribution in [3.8, 4) is 0 Å². The number of hydrogen-bond donors (Lipinski definition) is 0. The molecule has 0 bridgehead atoms. The second-order valence-corrected chi connectivity index (χ2v) is 4.83. The Morgan fingerprint density at radius 2 is 2.10 bits per heavy atom. The van der Waals surface area contributed by atoms with Crippen LogP contribution in [0.1, 0.15) is 11.3 Å². The van der Waals surface area contributed by atoms with Crippen molar-refractivity contribution in [2.45, 2.75) is 13.3 Å². The Kier molecular flexibility index (Phi) is 3.88.